The van der Waals surface area contributed by atoms with E-state index in [0.29, 0.717) is 12.8 Å². The van der Waals surface area contributed by atoms with Crippen LogP contribution in [-0.2, 0) is 23.9 Å². The molecule has 0 radical (unpaired) electrons. The van der Waals surface area contributed by atoms with E-state index in [1.54, 1.807) is 13.8 Å². The van der Waals surface area contributed by atoms with Gasteiger partial charge in [-0.15, -0.1) is 0 Å². The third kappa shape index (κ3) is 6.56. The third-order valence-corrected chi connectivity index (χ3v) is 4.45. The highest BCUT2D eigenvalue weighted by atomic mass is 16.5. The molecule has 0 amide bonds. The first kappa shape index (κ1) is 21.3. The highest BCUT2D eigenvalue weighted by molar-refractivity contribution is 6.05. The maximum absolute atomic E-state index is 12.4. The van der Waals surface area contributed by atoms with Gasteiger partial charge in [0.05, 0.1) is 5.41 Å². The molecule has 1 fully saturated rings. The molecule has 1 aliphatic carbocycles. The van der Waals surface area contributed by atoms with E-state index < -0.39 is 11.4 Å². The lowest BCUT2D eigenvalue weighted by Crippen LogP contribution is -2.33. The van der Waals surface area contributed by atoms with Crippen LogP contribution in [0.2, 0.25) is 0 Å². The molecule has 0 aromatic rings. The fraction of sp³-hybridized carbons (Fsp3) is 0.700. The molecule has 0 saturated heterocycles. The van der Waals surface area contributed by atoms with E-state index >= 15 is 0 Å². The van der Waals surface area contributed by atoms with E-state index in [0.717, 1.165) is 6.26 Å². The van der Waals surface area contributed by atoms with Crippen molar-refractivity contribution in [1.82, 2.24) is 0 Å². The molecule has 1 rings (SSSR count). The van der Waals surface area contributed by atoms with Gasteiger partial charge >= 0.3 is 5.97 Å². The second-order valence-corrected chi connectivity index (χ2v) is 8.71. The Balaban J connectivity index is 2.73. The highest BCUT2D eigenvalue weighted by Crippen LogP contribution is 2.38. The van der Waals surface area contributed by atoms with Gasteiger partial charge in [-0.05, 0) is 25.7 Å². The molecule has 0 atom stereocenters. The Morgan fingerprint density at radius 2 is 1.72 bits per heavy atom. The van der Waals surface area contributed by atoms with Crippen LogP contribution in [0.5, 0.6) is 0 Å². The summed E-state index contributed by atoms with van der Waals surface area (Å²) in [4.78, 5) is 47.7. The topological polar surface area (TPSA) is 77.5 Å². The van der Waals surface area contributed by atoms with Gasteiger partial charge in [0.2, 0.25) is 0 Å². The van der Waals surface area contributed by atoms with Gasteiger partial charge in [-0.3, -0.25) is 19.2 Å². The second-order valence-electron chi connectivity index (χ2n) is 8.71. The number of ether oxygens (including phenoxy) is 1. The van der Waals surface area contributed by atoms with Crippen LogP contribution in [-0.4, -0.2) is 23.3 Å². The van der Waals surface area contributed by atoms with Gasteiger partial charge in [-0.2, -0.15) is 0 Å². The average Bonchev–Trinajstić information content (AvgIpc) is 2.45. The molecule has 0 spiro atoms. The van der Waals surface area contributed by atoms with Crippen LogP contribution < -0.4 is 0 Å². The summed E-state index contributed by atoms with van der Waals surface area (Å²) in [5, 5.41) is 0. The number of carbonyl (C=O) groups excluding carboxylic acids is 4. The molecule has 0 aliphatic heterocycles. The number of esters is 1. The van der Waals surface area contributed by atoms with Gasteiger partial charge in [0.15, 0.2) is 5.78 Å². The molecule has 25 heavy (non-hydrogen) atoms. The molecule has 0 aromatic heterocycles. The fourth-order valence-corrected chi connectivity index (χ4v) is 3.21. The molecular weight excluding hydrogens is 320 g/mol. The van der Waals surface area contributed by atoms with Crippen LogP contribution in [0.25, 0.3) is 0 Å². The summed E-state index contributed by atoms with van der Waals surface area (Å²) in [6.07, 6.45) is 2.48. The zero-order chi connectivity index (χ0) is 19.4. The van der Waals surface area contributed by atoms with Crippen LogP contribution in [0.3, 0.4) is 0 Å². The predicted octanol–water partition coefficient (Wildman–Crippen LogP) is 3.79. The largest absolute Gasteiger partial charge is 0.434 e. The average molecular weight is 350 g/mol. The zero-order valence-electron chi connectivity index (χ0n) is 16.2. The van der Waals surface area contributed by atoms with Crippen molar-refractivity contribution in [3.05, 3.63) is 11.8 Å². The molecule has 140 valence electrons. The van der Waals surface area contributed by atoms with Crippen molar-refractivity contribution in [1.29, 1.82) is 0 Å². The van der Waals surface area contributed by atoms with Crippen molar-refractivity contribution in [3.63, 3.8) is 0 Å². The molecule has 0 N–H and O–H groups in total. The quantitative estimate of drug-likeness (QED) is 0.396. The van der Waals surface area contributed by atoms with E-state index in [4.69, 9.17) is 4.74 Å². The Hall–Kier alpha value is -1.78. The SMILES string of the molecule is CC(C)C(=O)CC(C)(C)CC(C)(C)C(=O)OC=C1CC(=O)CCC1=O. The molecule has 0 aromatic carbocycles. The first-order valence-electron chi connectivity index (χ1n) is 8.82. The van der Waals surface area contributed by atoms with Crippen molar-refractivity contribution < 1.29 is 23.9 Å². The fourth-order valence-electron chi connectivity index (χ4n) is 3.21. The minimum Gasteiger partial charge on any atom is -0.434 e. The Kier molecular flexibility index (Phi) is 6.86. The lowest BCUT2D eigenvalue weighted by Gasteiger charge is -2.33. The summed E-state index contributed by atoms with van der Waals surface area (Å²) in [5.74, 6) is -0.491. The van der Waals surface area contributed by atoms with Crippen LogP contribution in [0, 0.1) is 16.7 Å². The number of hydrogen-bond donors (Lipinski definition) is 0. The lowest BCUT2D eigenvalue weighted by molar-refractivity contribution is -0.150. The molecule has 1 aliphatic rings. The molecule has 0 unspecified atom stereocenters. The van der Waals surface area contributed by atoms with Gasteiger partial charge in [-0.1, -0.05) is 27.7 Å². The van der Waals surface area contributed by atoms with Gasteiger partial charge in [-0.25, -0.2) is 0 Å². The highest BCUT2D eigenvalue weighted by Gasteiger charge is 2.37. The Morgan fingerprint density at radius 1 is 1.12 bits per heavy atom. The van der Waals surface area contributed by atoms with Crippen LogP contribution >= 0.6 is 0 Å². The summed E-state index contributed by atoms with van der Waals surface area (Å²) >= 11 is 0. The van der Waals surface area contributed by atoms with E-state index in [-0.39, 0.29) is 53.5 Å². The molecule has 5 nitrogen and oxygen atoms in total. The second kappa shape index (κ2) is 8.07. The Morgan fingerprint density at radius 3 is 2.28 bits per heavy atom. The van der Waals surface area contributed by atoms with Crippen LogP contribution in [0.4, 0.5) is 0 Å². The smallest absolute Gasteiger partial charge is 0.316 e. The lowest BCUT2D eigenvalue weighted by atomic mass is 9.72. The number of allylic oxidation sites excluding steroid dienone is 1. The summed E-state index contributed by atoms with van der Waals surface area (Å²) in [5.41, 5.74) is -0.887. The van der Waals surface area contributed by atoms with Crippen LogP contribution in [0.1, 0.15) is 73.6 Å². The number of ketones is 3. The van der Waals surface area contributed by atoms with Gasteiger partial charge in [0.25, 0.3) is 0 Å². The first-order valence-corrected chi connectivity index (χ1v) is 8.82. The number of Topliss-reactive ketones (excluding diaryl/α,β-unsaturated/α-hetero) is 3. The molecule has 0 heterocycles. The summed E-state index contributed by atoms with van der Waals surface area (Å²) < 4.78 is 5.20. The Labute approximate surface area is 150 Å². The van der Waals surface area contributed by atoms with E-state index in [1.165, 1.54) is 0 Å². The monoisotopic (exact) mass is 350 g/mol. The first-order chi connectivity index (χ1) is 11.3. The van der Waals surface area contributed by atoms with Crippen molar-refractivity contribution >= 4 is 23.3 Å². The predicted molar refractivity (Wildman–Crippen MR) is 94.7 cm³/mol. The summed E-state index contributed by atoms with van der Waals surface area (Å²) in [6.45, 7) is 11.2. The van der Waals surface area contributed by atoms with Crippen molar-refractivity contribution in [2.24, 2.45) is 16.7 Å². The van der Waals surface area contributed by atoms with Crippen molar-refractivity contribution in [3.8, 4) is 0 Å². The molecule has 0 bridgehead atoms. The van der Waals surface area contributed by atoms with Gasteiger partial charge in [0, 0.05) is 37.2 Å². The Bertz CT molecular complexity index is 593. The normalized spacial score (nSPS) is 18.0. The standard InChI is InChI=1S/C20H30O5/c1-13(2)17(23)10-19(3,4)12-20(5,6)18(24)25-11-14-9-15(21)7-8-16(14)22/h11,13H,7-10,12H2,1-6H3. The third-order valence-electron chi connectivity index (χ3n) is 4.45. The van der Waals surface area contributed by atoms with Crippen LogP contribution in [0.15, 0.2) is 11.8 Å². The summed E-state index contributed by atoms with van der Waals surface area (Å²) in [6, 6.07) is 0. The van der Waals surface area contributed by atoms with E-state index in [9.17, 15) is 19.2 Å². The maximum Gasteiger partial charge on any atom is 0.316 e. The molecular formula is C20H30O5. The summed E-state index contributed by atoms with van der Waals surface area (Å²) in [7, 11) is 0. The zero-order valence-corrected chi connectivity index (χ0v) is 16.2. The number of hydrogen-bond acceptors (Lipinski definition) is 5. The van der Waals surface area contributed by atoms with Crippen molar-refractivity contribution in [2.75, 3.05) is 0 Å². The minimum atomic E-state index is -0.806. The number of rotatable bonds is 7. The number of carbonyl (C=O) groups is 4. The minimum absolute atomic E-state index is 0.0190. The van der Waals surface area contributed by atoms with Crippen molar-refractivity contribution in [2.45, 2.75) is 73.6 Å². The van der Waals surface area contributed by atoms with E-state index in [1.807, 2.05) is 27.7 Å². The maximum atomic E-state index is 12.4. The van der Waals surface area contributed by atoms with Gasteiger partial charge < -0.3 is 4.74 Å². The van der Waals surface area contributed by atoms with Gasteiger partial charge in [0.1, 0.15) is 17.8 Å². The molecule has 5 heteroatoms. The molecule has 1 saturated carbocycles. The van der Waals surface area contributed by atoms with E-state index in [2.05, 4.69) is 0 Å².